The Morgan fingerprint density at radius 1 is 1.11 bits per heavy atom. The van der Waals surface area contributed by atoms with Gasteiger partial charge >= 0.3 is 0 Å². The molecule has 6 heteroatoms. The van der Waals surface area contributed by atoms with E-state index in [1.807, 2.05) is 42.5 Å². The maximum atomic E-state index is 6.25. The zero-order valence-electron chi connectivity index (χ0n) is 16.0. The molecule has 1 saturated heterocycles. The highest BCUT2D eigenvalue weighted by Gasteiger charge is 2.17. The van der Waals surface area contributed by atoms with Gasteiger partial charge in [0, 0.05) is 27.0 Å². The van der Waals surface area contributed by atoms with Gasteiger partial charge in [0.1, 0.15) is 0 Å². The van der Waals surface area contributed by atoms with Crippen LogP contribution in [-0.2, 0) is 6.54 Å². The highest BCUT2D eigenvalue weighted by Crippen LogP contribution is 2.25. The van der Waals surface area contributed by atoms with E-state index in [0.717, 1.165) is 51.5 Å². The second-order valence-corrected chi connectivity index (χ2v) is 8.89. The lowest BCUT2D eigenvalue weighted by Crippen LogP contribution is -2.34. The van der Waals surface area contributed by atoms with Crippen LogP contribution < -0.4 is 5.32 Å². The predicted octanol–water partition coefficient (Wildman–Crippen LogP) is 5.14. The summed E-state index contributed by atoms with van der Waals surface area (Å²) in [4.78, 5) is 12.0. The molecule has 0 spiro atoms. The fourth-order valence-electron chi connectivity index (χ4n) is 3.69. The summed E-state index contributed by atoms with van der Waals surface area (Å²) in [6, 6.07) is 13.9. The summed E-state index contributed by atoms with van der Waals surface area (Å²) >= 11 is 9.74. The Morgan fingerprint density at radius 3 is 2.61 bits per heavy atom. The number of aromatic nitrogens is 2. The molecule has 2 heterocycles. The standard InChI is InChI=1S/C22H24BrClN4/c1-28-10-8-15(9-11-28)13-25-14-21-19-12-18(24)6-7-20(19)26-22(27-21)16-2-4-17(23)5-3-16/h2-7,12,15,25H,8-11,13-14H2,1H3. The fraction of sp³-hybridized carbons (Fsp3) is 0.364. The summed E-state index contributed by atoms with van der Waals surface area (Å²) in [6.45, 7) is 4.11. The highest BCUT2D eigenvalue weighted by atomic mass is 79.9. The molecule has 1 aromatic heterocycles. The van der Waals surface area contributed by atoms with E-state index < -0.39 is 0 Å². The molecule has 1 fully saturated rings. The maximum Gasteiger partial charge on any atom is 0.160 e. The van der Waals surface area contributed by atoms with Gasteiger partial charge in [-0.05, 0) is 75.8 Å². The molecular formula is C22H24BrClN4. The van der Waals surface area contributed by atoms with Crippen LogP contribution in [0.15, 0.2) is 46.9 Å². The number of nitrogens with one attached hydrogen (secondary N) is 1. The van der Waals surface area contributed by atoms with Gasteiger partial charge in [0.2, 0.25) is 0 Å². The van der Waals surface area contributed by atoms with Crippen molar-refractivity contribution in [3.8, 4) is 11.4 Å². The number of hydrogen-bond acceptors (Lipinski definition) is 4. The summed E-state index contributed by atoms with van der Waals surface area (Å²) in [5, 5.41) is 5.36. The normalized spacial score (nSPS) is 16.0. The Hall–Kier alpha value is -1.53. The second-order valence-electron chi connectivity index (χ2n) is 7.54. The number of hydrogen-bond donors (Lipinski definition) is 1. The van der Waals surface area contributed by atoms with E-state index in [-0.39, 0.29) is 0 Å². The van der Waals surface area contributed by atoms with Crippen molar-refractivity contribution in [1.29, 1.82) is 0 Å². The summed E-state index contributed by atoms with van der Waals surface area (Å²) < 4.78 is 1.05. The molecule has 146 valence electrons. The first-order chi connectivity index (χ1) is 13.6. The molecule has 0 saturated carbocycles. The lowest BCUT2D eigenvalue weighted by Gasteiger charge is -2.29. The molecule has 0 amide bonds. The minimum atomic E-state index is 0.712. The molecular weight excluding hydrogens is 436 g/mol. The SMILES string of the molecule is CN1CCC(CNCc2nc(-c3ccc(Br)cc3)nc3ccc(Cl)cc23)CC1. The Morgan fingerprint density at radius 2 is 1.86 bits per heavy atom. The van der Waals surface area contributed by atoms with Crippen LogP contribution in [0.1, 0.15) is 18.5 Å². The third kappa shape index (κ3) is 4.71. The van der Waals surface area contributed by atoms with Gasteiger partial charge in [-0.15, -0.1) is 0 Å². The first kappa shape index (κ1) is 19.8. The van der Waals surface area contributed by atoms with Crippen molar-refractivity contribution in [3.05, 3.63) is 57.7 Å². The lowest BCUT2D eigenvalue weighted by molar-refractivity contribution is 0.216. The van der Waals surface area contributed by atoms with Gasteiger partial charge in [0.25, 0.3) is 0 Å². The molecule has 3 aromatic rings. The quantitative estimate of drug-likeness (QED) is 0.573. The number of fused-ring (bicyclic) bond motifs is 1. The largest absolute Gasteiger partial charge is 0.311 e. The van der Waals surface area contributed by atoms with Crippen LogP contribution >= 0.6 is 27.5 Å². The number of likely N-dealkylation sites (tertiary alicyclic amines) is 1. The number of halogens is 2. The third-order valence-electron chi connectivity index (χ3n) is 5.40. The van der Waals surface area contributed by atoms with Gasteiger partial charge in [0.05, 0.1) is 11.2 Å². The van der Waals surface area contributed by atoms with Crippen LogP contribution in [0.3, 0.4) is 0 Å². The van der Waals surface area contributed by atoms with Gasteiger partial charge in [0.15, 0.2) is 5.82 Å². The topological polar surface area (TPSA) is 41.0 Å². The van der Waals surface area contributed by atoms with Crippen LogP contribution in [0.2, 0.25) is 5.02 Å². The summed E-state index contributed by atoms with van der Waals surface area (Å²) in [6.07, 6.45) is 2.51. The van der Waals surface area contributed by atoms with E-state index >= 15 is 0 Å². The van der Waals surface area contributed by atoms with E-state index in [0.29, 0.717) is 5.02 Å². The smallest absolute Gasteiger partial charge is 0.160 e. The number of benzene rings is 2. The minimum Gasteiger partial charge on any atom is -0.311 e. The average molecular weight is 460 g/mol. The average Bonchev–Trinajstić information content (AvgIpc) is 2.70. The van der Waals surface area contributed by atoms with Crippen molar-refractivity contribution < 1.29 is 0 Å². The Labute approximate surface area is 179 Å². The molecule has 0 radical (unpaired) electrons. The van der Waals surface area contributed by atoms with E-state index in [1.54, 1.807) is 0 Å². The molecule has 0 bridgehead atoms. The van der Waals surface area contributed by atoms with Crippen molar-refractivity contribution in [2.45, 2.75) is 19.4 Å². The Kier molecular flexibility index (Phi) is 6.26. The van der Waals surface area contributed by atoms with Gasteiger partial charge in [-0.1, -0.05) is 39.7 Å². The van der Waals surface area contributed by atoms with Crippen molar-refractivity contribution in [2.24, 2.45) is 5.92 Å². The molecule has 4 rings (SSSR count). The van der Waals surface area contributed by atoms with E-state index in [1.165, 1.54) is 25.9 Å². The second kappa shape index (κ2) is 8.87. The van der Waals surface area contributed by atoms with Crippen molar-refractivity contribution in [3.63, 3.8) is 0 Å². The minimum absolute atomic E-state index is 0.712. The number of piperidine rings is 1. The predicted molar refractivity (Wildman–Crippen MR) is 120 cm³/mol. The van der Waals surface area contributed by atoms with Crippen molar-refractivity contribution in [1.82, 2.24) is 20.2 Å². The van der Waals surface area contributed by atoms with Gasteiger partial charge < -0.3 is 10.2 Å². The van der Waals surface area contributed by atoms with Crippen LogP contribution in [0.5, 0.6) is 0 Å². The van der Waals surface area contributed by atoms with E-state index in [4.69, 9.17) is 21.6 Å². The molecule has 1 aliphatic rings. The molecule has 28 heavy (non-hydrogen) atoms. The zero-order chi connectivity index (χ0) is 19.5. The zero-order valence-corrected chi connectivity index (χ0v) is 18.3. The monoisotopic (exact) mass is 458 g/mol. The Bertz CT molecular complexity index is 953. The number of rotatable bonds is 5. The van der Waals surface area contributed by atoms with Crippen molar-refractivity contribution >= 4 is 38.4 Å². The summed E-state index contributed by atoms with van der Waals surface area (Å²) in [5.74, 6) is 1.48. The van der Waals surface area contributed by atoms with Gasteiger partial charge in [-0.2, -0.15) is 0 Å². The molecule has 4 nitrogen and oxygen atoms in total. The molecule has 1 N–H and O–H groups in total. The molecule has 2 aromatic carbocycles. The maximum absolute atomic E-state index is 6.25. The molecule has 0 unspecified atom stereocenters. The van der Waals surface area contributed by atoms with Crippen LogP contribution in [0, 0.1) is 5.92 Å². The molecule has 0 aliphatic carbocycles. The van der Waals surface area contributed by atoms with Crippen LogP contribution in [0.25, 0.3) is 22.3 Å². The Balaban J connectivity index is 1.58. The van der Waals surface area contributed by atoms with Crippen LogP contribution in [0.4, 0.5) is 0 Å². The van der Waals surface area contributed by atoms with E-state index in [2.05, 4.69) is 33.2 Å². The van der Waals surface area contributed by atoms with Gasteiger partial charge in [-0.3, -0.25) is 0 Å². The van der Waals surface area contributed by atoms with Crippen molar-refractivity contribution in [2.75, 3.05) is 26.7 Å². The lowest BCUT2D eigenvalue weighted by atomic mass is 9.97. The highest BCUT2D eigenvalue weighted by molar-refractivity contribution is 9.10. The molecule has 0 atom stereocenters. The fourth-order valence-corrected chi connectivity index (χ4v) is 4.12. The summed E-state index contributed by atoms with van der Waals surface area (Å²) in [5.41, 5.74) is 2.93. The molecule has 1 aliphatic heterocycles. The van der Waals surface area contributed by atoms with Crippen LogP contribution in [-0.4, -0.2) is 41.5 Å². The first-order valence-corrected chi connectivity index (χ1v) is 10.9. The van der Waals surface area contributed by atoms with Gasteiger partial charge in [-0.25, -0.2) is 9.97 Å². The number of nitrogens with zero attached hydrogens (tertiary/aromatic N) is 3. The first-order valence-electron chi connectivity index (χ1n) is 9.70. The third-order valence-corrected chi connectivity index (χ3v) is 6.17. The summed E-state index contributed by atoms with van der Waals surface area (Å²) in [7, 11) is 2.20. The van der Waals surface area contributed by atoms with E-state index in [9.17, 15) is 0 Å².